The molecule has 0 amide bonds. The number of hydrogen-bond acceptors (Lipinski definition) is 2. The van der Waals surface area contributed by atoms with Gasteiger partial charge in [-0.15, -0.1) is 0 Å². The van der Waals surface area contributed by atoms with E-state index in [1.54, 1.807) is 7.11 Å². The summed E-state index contributed by atoms with van der Waals surface area (Å²) in [6.45, 7) is 4.34. The number of Topliss-reactive ketones (excluding diaryl/α,β-unsaturated/α-hetero) is 1. The van der Waals surface area contributed by atoms with Crippen LogP contribution in [0.3, 0.4) is 0 Å². The zero-order valence-corrected chi connectivity index (χ0v) is 11.0. The van der Waals surface area contributed by atoms with Crippen molar-refractivity contribution < 1.29 is 9.53 Å². The van der Waals surface area contributed by atoms with Gasteiger partial charge >= 0.3 is 0 Å². The van der Waals surface area contributed by atoms with Gasteiger partial charge in [0.25, 0.3) is 0 Å². The summed E-state index contributed by atoms with van der Waals surface area (Å²) in [6.07, 6.45) is 7.68. The average Bonchev–Trinajstić information content (AvgIpc) is 2.35. The van der Waals surface area contributed by atoms with Crippen molar-refractivity contribution in [3.05, 3.63) is 0 Å². The molecule has 0 spiro atoms. The van der Waals surface area contributed by atoms with Gasteiger partial charge in [-0.3, -0.25) is 4.79 Å². The fraction of sp³-hybridized carbons (Fsp3) is 0.929. The van der Waals surface area contributed by atoms with Gasteiger partial charge in [-0.05, 0) is 25.2 Å². The highest BCUT2D eigenvalue weighted by Gasteiger charge is 2.30. The van der Waals surface area contributed by atoms with Gasteiger partial charge in [0, 0.05) is 13.0 Å². The molecule has 2 heteroatoms. The second-order valence-corrected chi connectivity index (χ2v) is 5.05. The predicted octanol–water partition coefficient (Wildman–Crippen LogP) is 3.59. The lowest BCUT2D eigenvalue weighted by Gasteiger charge is -2.29. The minimum Gasteiger partial charge on any atom is -0.374 e. The Labute approximate surface area is 99.8 Å². The van der Waals surface area contributed by atoms with Crippen molar-refractivity contribution in [2.45, 2.75) is 64.9 Å². The molecule has 3 unspecified atom stereocenters. The number of ketones is 1. The lowest BCUT2D eigenvalue weighted by atomic mass is 9.77. The van der Waals surface area contributed by atoms with Crippen LogP contribution in [-0.4, -0.2) is 19.0 Å². The molecular weight excluding hydrogens is 200 g/mol. The van der Waals surface area contributed by atoms with Crippen molar-refractivity contribution in [2.24, 2.45) is 11.8 Å². The van der Waals surface area contributed by atoms with E-state index in [9.17, 15) is 4.79 Å². The number of carbonyl (C=O) groups is 1. The molecular formula is C14H26O2. The van der Waals surface area contributed by atoms with Crippen molar-refractivity contribution in [3.8, 4) is 0 Å². The molecule has 1 rings (SSSR count). The average molecular weight is 226 g/mol. The van der Waals surface area contributed by atoms with Crippen LogP contribution in [0.4, 0.5) is 0 Å². The Bertz CT molecular complexity index is 213. The van der Waals surface area contributed by atoms with E-state index in [1.165, 1.54) is 19.3 Å². The van der Waals surface area contributed by atoms with Gasteiger partial charge in [0.2, 0.25) is 0 Å². The van der Waals surface area contributed by atoms with Gasteiger partial charge < -0.3 is 4.74 Å². The van der Waals surface area contributed by atoms with E-state index in [0.717, 1.165) is 31.6 Å². The summed E-state index contributed by atoms with van der Waals surface area (Å²) >= 11 is 0. The number of rotatable bonds is 6. The van der Waals surface area contributed by atoms with Crippen LogP contribution in [-0.2, 0) is 9.53 Å². The summed E-state index contributed by atoms with van der Waals surface area (Å²) in [6, 6.07) is 0. The molecule has 1 saturated carbocycles. The summed E-state index contributed by atoms with van der Waals surface area (Å²) in [5, 5.41) is 0. The quantitative estimate of drug-likeness (QED) is 0.692. The topological polar surface area (TPSA) is 26.3 Å². The minimum absolute atomic E-state index is 0.148. The second kappa shape index (κ2) is 7.05. The van der Waals surface area contributed by atoms with Gasteiger partial charge in [-0.25, -0.2) is 0 Å². The Morgan fingerprint density at radius 3 is 2.69 bits per heavy atom. The molecule has 2 nitrogen and oxygen atoms in total. The Balaban J connectivity index is 2.51. The molecule has 0 aromatic heterocycles. The van der Waals surface area contributed by atoms with Crippen molar-refractivity contribution in [3.63, 3.8) is 0 Å². The third-order valence-electron chi connectivity index (χ3n) is 3.92. The maximum atomic E-state index is 12.3. The molecule has 0 N–H and O–H groups in total. The van der Waals surface area contributed by atoms with Crippen LogP contribution in [0, 0.1) is 11.8 Å². The molecule has 1 fully saturated rings. The summed E-state index contributed by atoms with van der Waals surface area (Å²) in [4.78, 5) is 12.3. The Kier molecular flexibility index (Phi) is 6.04. The van der Waals surface area contributed by atoms with E-state index in [4.69, 9.17) is 4.74 Å². The fourth-order valence-corrected chi connectivity index (χ4v) is 2.82. The zero-order chi connectivity index (χ0) is 12.0. The third kappa shape index (κ3) is 3.58. The van der Waals surface area contributed by atoms with E-state index in [0.29, 0.717) is 5.78 Å². The first-order chi connectivity index (χ1) is 7.72. The van der Waals surface area contributed by atoms with E-state index >= 15 is 0 Å². The summed E-state index contributed by atoms with van der Waals surface area (Å²) in [7, 11) is 1.67. The van der Waals surface area contributed by atoms with E-state index in [1.807, 2.05) is 0 Å². The van der Waals surface area contributed by atoms with Gasteiger partial charge in [0.1, 0.15) is 6.10 Å². The summed E-state index contributed by atoms with van der Waals surface area (Å²) in [5.41, 5.74) is 0. The number of ether oxygens (including phenoxy) is 1. The molecule has 1 aliphatic rings. The van der Waals surface area contributed by atoms with Gasteiger partial charge in [0.15, 0.2) is 5.78 Å². The molecule has 0 aromatic rings. The fourth-order valence-electron chi connectivity index (χ4n) is 2.82. The minimum atomic E-state index is -0.148. The smallest absolute Gasteiger partial charge is 0.164 e. The van der Waals surface area contributed by atoms with E-state index < -0.39 is 0 Å². The van der Waals surface area contributed by atoms with Crippen LogP contribution in [0.25, 0.3) is 0 Å². The number of hydrogen-bond donors (Lipinski definition) is 0. The van der Waals surface area contributed by atoms with Crippen LogP contribution >= 0.6 is 0 Å². The highest BCUT2D eigenvalue weighted by Crippen LogP contribution is 2.32. The van der Waals surface area contributed by atoms with Crippen LogP contribution in [0.2, 0.25) is 0 Å². The van der Waals surface area contributed by atoms with Crippen molar-refractivity contribution in [1.82, 2.24) is 0 Å². The van der Waals surface area contributed by atoms with Crippen molar-refractivity contribution >= 4 is 5.78 Å². The van der Waals surface area contributed by atoms with Crippen molar-refractivity contribution in [2.75, 3.05) is 7.11 Å². The zero-order valence-electron chi connectivity index (χ0n) is 11.0. The predicted molar refractivity (Wildman–Crippen MR) is 66.5 cm³/mol. The van der Waals surface area contributed by atoms with Crippen LogP contribution in [0.1, 0.15) is 58.8 Å². The number of carbonyl (C=O) groups excluding carboxylic acids is 1. The molecule has 0 aliphatic heterocycles. The van der Waals surface area contributed by atoms with Gasteiger partial charge in [-0.1, -0.05) is 39.5 Å². The molecule has 0 bridgehead atoms. The van der Waals surface area contributed by atoms with Crippen LogP contribution in [0.15, 0.2) is 0 Å². The monoisotopic (exact) mass is 226 g/mol. The second-order valence-electron chi connectivity index (χ2n) is 5.05. The molecule has 0 aromatic carbocycles. The molecule has 94 valence electrons. The van der Waals surface area contributed by atoms with Crippen molar-refractivity contribution in [1.29, 1.82) is 0 Å². The first-order valence-corrected chi connectivity index (χ1v) is 6.79. The summed E-state index contributed by atoms with van der Waals surface area (Å²) in [5.74, 6) is 1.40. The number of methoxy groups -OCH3 is 1. The lowest BCUT2D eigenvalue weighted by Crippen LogP contribution is -2.32. The Morgan fingerprint density at radius 1 is 1.38 bits per heavy atom. The largest absolute Gasteiger partial charge is 0.374 e. The molecule has 0 saturated heterocycles. The van der Waals surface area contributed by atoms with E-state index in [2.05, 4.69) is 13.8 Å². The highest BCUT2D eigenvalue weighted by molar-refractivity contribution is 5.85. The maximum absolute atomic E-state index is 12.3. The highest BCUT2D eigenvalue weighted by atomic mass is 16.5. The molecule has 16 heavy (non-hydrogen) atoms. The molecule has 0 radical (unpaired) electrons. The summed E-state index contributed by atoms with van der Waals surface area (Å²) < 4.78 is 5.33. The Hall–Kier alpha value is -0.370. The molecule has 0 heterocycles. The third-order valence-corrected chi connectivity index (χ3v) is 3.92. The first-order valence-electron chi connectivity index (χ1n) is 6.79. The lowest BCUT2D eigenvalue weighted by molar-refractivity contribution is -0.134. The maximum Gasteiger partial charge on any atom is 0.164 e. The van der Waals surface area contributed by atoms with Gasteiger partial charge in [0.05, 0.1) is 0 Å². The van der Waals surface area contributed by atoms with Crippen LogP contribution < -0.4 is 0 Å². The van der Waals surface area contributed by atoms with Gasteiger partial charge in [-0.2, -0.15) is 0 Å². The van der Waals surface area contributed by atoms with Crippen LogP contribution in [0.5, 0.6) is 0 Å². The normalized spacial score (nSPS) is 27.7. The van der Waals surface area contributed by atoms with E-state index in [-0.39, 0.29) is 12.0 Å². The molecule has 1 aliphatic carbocycles. The molecule has 3 atom stereocenters. The Morgan fingerprint density at radius 2 is 2.12 bits per heavy atom. The standard InChI is InChI=1S/C14H26O2/c1-4-7-13(16-3)14(15)12-9-6-8-11(5-2)10-12/h11-13H,4-10H2,1-3H3. The first kappa shape index (κ1) is 13.7. The SMILES string of the molecule is CCCC(OC)C(=O)C1CCCC(CC)C1.